The van der Waals surface area contributed by atoms with E-state index in [0.29, 0.717) is 0 Å². The van der Waals surface area contributed by atoms with Crippen LogP contribution in [0.1, 0.15) is 45.4 Å². The predicted octanol–water partition coefficient (Wildman–Crippen LogP) is 4.30. The Hall–Kier alpha value is -1.77. The lowest BCUT2D eigenvalue weighted by molar-refractivity contribution is 0.590. The number of aromatic nitrogens is 2. The Labute approximate surface area is 122 Å². The Morgan fingerprint density at radius 2 is 1.80 bits per heavy atom. The molecule has 0 spiro atoms. The molecule has 0 aliphatic carbocycles. The van der Waals surface area contributed by atoms with E-state index in [1.54, 1.807) is 0 Å². The molecular formula is C17H25N3. The Balaban J connectivity index is 2.31. The second-order valence-corrected chi connectivity index (χ2v) is 6.30. The van der Waals surface area contributed by atoms with Crippen LogP contribution < -0.4 is 5.32 Å². The number of aryl methyl sites for hydroxylation is 1. The van der Waals surface area contributed by atoms with Crippen LogP contribution in [0, 0.1) is 6.92 Å². The minimum absolute atomic E-state index is 0.187. The van der Waals surface area contributed by atoms with Gasteiger partial charge in [-0.25, -0.2) is 4.98 Å². The Morgan fingerprint density at radius 3 is 2.35 bits per heavy atom. The second kappa shape index (κ2) is 5.70. The average Bonchev–Trinajstić information content (AvgIpc) is 2.76. The summed E-state index contributed by atoms with van der Waals surface area (Å²) < 4.78 is 2.12. The zero-order valence-electron chi connectivity index (χ0n) is 13.2. The molecule has 1 N–H and O–H groups in total. The SMILES string of the molecule is CCCNc1nc(C)cn1-c1ccc(C(C)(C)C)cc1. The van der Waals surface area contributed by atoms with Gasteiger partial charge in [0.2, 0.25) is 5.95 Å². The summed E-state index contributed by atoms with van der Waals surface area (Å²) in [6, 6.07) is 8.74. The van der Waals surface area contributed by atoms with Crippen LogP contribution >= 0.6 is 0 Å². The summed E-state index contributed by atoms with van der Waals surface area (Å²) in [6.07, 6.45) is 3.17. The van der Waals surface area contributed by atoms with Crippen molar-refractivity contribution in [3.8, 4) is 5.69 Å². The fourth-order valence-electron chi connectivity index (χ4n) is 2.18. The highest BCUT2D eigenvalue weighted by Crippen LogP contribution is 2.24. The lowest BCUT2D eigenvalue weighted by Gasteiger charge is -2.19. The van der Waals surface area contributed by atoms with Crippen molar-refractivity contribution in [2.75, 3.05) is 11.9 Å². The van der Waals surface area contributed by atoms with E-state index in [9.17, 15) is 0 Å². The van der Waals surface area contributed by atoms with Crippen LogP contribution in [0.2, 0.25) is 0 Å². The van der Waals surface area contributed by atoms with Gasteiger partial charge < -0.3 is 5.32 Å². The van der Waals surface area contributed by atoms with Crippen molar-refractivity contribution in [3.05, 3.63) is 41.7 Å². The van der Waals surface area contributed by atoms with E-state index in [1.165, 1.54) is 5.56 Å². The summed E-state index contributed by atoms with van der Waals surface area (Å²) in [5.74, 6) is 0.924. The minimum Gasteiger partial charge on any atom is -0.355 e. The van der Waals surface area contributed by atoms with E-state index in [4.69, 9.17) is 0 Å². The molecule has 0 aliphatic rings. The highest BCUT2D eigenvalue weighted by molar-refractivity contribution is 5.44. The monoisotopic (exact) mass is 271 g/mol. The number of rotatable bonds is 4. The van der Waals surface area contributed by atoms with E-state index in [1.807, 2.05) is 6.92 Å². The van der Waals surface area contributed by atoms with Crippen LogP contribution in [0.5, 0.6) is 0 Å². The van der Waals surface area contributed by atoms with Crippen LogP contribution in [0.25, 0.3) is 5.69 Å². The third kappa shape index (κ3) is 3.21. The largest absolute Gasteiger partial charge is 0.355 e. The van der Waals surface area contributed by atoms with Gasteiger partial charge in [-0.3, -0.25) is 4.57 Å². The molecule has 0 fully saturated rings. The summed E-state index contributed by atoms with van der Waals surface area (Å²) >= 11 is 0. The third-order valence-electron chi connectivity index (χ3n) is 3.37. The van der Waals surface area contributed by atoms with Gasteiger partial charge in [-0.1, -0.05) is 39.8 Å². The number of nitrogens with zero attached hydrogens (tertiary/aromatic N) is 2. The van der Waals surface area contributed by atoms with E-state index in [0.717, 1.165) is 30.3 Å². The first-order valence-electron chi connectivity index (χ1n) is 7.32. The van der Waals surface area contributed by atoms with Crippen molar-refractivity contribution in [3.63, 3.8) is 0 Å². The fraction of sp³-hybridized carbons (Fsp3) is 0.471. The van der Waals surface area contributed by atoms with Crippen LogP contribution in [0.4, 0.5) is 5.95 Å². The maximum Gasteiger partial charge on any atom is 0.207 e. The maximum atomic E-state index is 4.55. The fourth-order valence-corrected chi connectivity index (χ4v) is 2.18. The number of hydrogen-bond acceptors (Lipinski definition) is 2. The average molecular weight is 271 g/mol. The molecule has 1 heterocycles. The quantitative estimate of drug-likeness (QED) is 0.898. The molecule has 2 rings (SSSR count). The van der Waals surface area contributed by atoms with Crippen molar-refractivity contribution in [1.82, 2.24) is 9.55 Å². The molecule has 20 heavy (non-hydrogen) atoms. The maximum absolute atomic E-state index is 4.55. The molecule has 0 saturated carbocycles. The van der Waals surface area contributed by atoms with Gasteiger partial charge in [0.25, 0.3) is 0 Å². The molecule has 2 aromatic rings. The van der Waals surface area contributed by atoms with Crippen molar-refractivity contribution < 1.29 is 0 Å². The van der Waals surface area contributed by atoms with Gasteiger partial charge in [0.1, 0.15) is 0 Å². The van der Waals surface area contributed by atoms with Crippen LogP contribution in [-0.4, -0.2) is 16.1 Å². The topological polar surface area (TPSA) is 29.9 Å². The molecule has 1 aromatic carbocycles. The molecule has 0 radical (unpaired) electrons. The number of hydrogen-bond donors (Lipinski definition) is 1. The smallest absolute Gasteiger partial charge is 0.207 e. The minimum atomic E-state index is 0.187. The summed E-state index contributed by atoms with van der Waals surface area (Å²) in [7, 11) is 0. The molecule has 0 atom stereocenters. The molecule has 0 amide bonds. The zero-order chi connectivity index (χ0) is 14.8. The van der Waals surface area contributed by atoms with Crippen molar-refractivity contribution in [2.45, 2.75) is 46.5 Å². The number of nitrogens with one attached hydrogen (secondary N) is 1. The van der Waals surface area contributed by atoms with Crippen LogP contribution in [0.3, 0.4) is 0 Å². The highest BCUT2D eigenvalue weighted by Gasteiger charge is 2.14. The zero-order valence-corrected chi connectivity index (χ0v) is 13.2. The summed E-state index contributed by atoms with van der Waals surface area (Å²) in [6.45, 7) is 11.8. The molecular weight excluding hydrogens is 246 g/mol. The Morgan fingerprint density at radius 1 is 1.15 bits per heavy atom. The molecule has 0 aliphatic heterocycles. The Bertz CT molecular complexity index is 559. The van der Waals surface area contributed by atoms with Gasteiger partial charge in [0.05, 0.1) is 5.69 Å². The predicted molar refractivity (Wildman–Crippen MR) is 85.8 cm³/mol. The van der Waals surface area contributed by atoms with Gasteiger partial charge in [0.15, 0.2) is 0 Å². The van der Waals surface area contributed by atoms with Crippen molar-refractivity contribution in [1.29, 1.82) is 0 Å². The first-order chi connectivity index (χ1) is 9.41. The standard InChI is InChI=1S/C17H25N3/c1-6-11-18-16-19-13(2)12-20(16)15-9-7-14(8-10-15)17(3,4)5/h7-10,12H,6,11H2,1-5H3,(H,18,19). The molecule has 108 valence electrons. The lowest BCUT2D eigenvalue weighted by Crippen LogP contribution is -2.11. The number of imidazole rings is 1. The summed E-state index contributed by atoms with van der Waals surface area (Å²) in [5.41, 5.74) is 3.72. The highest BCUT2D eigenvalue weighted by atomic mass is 15.2. The first-order valence-corrected chi connectivity index (χ1v) is 7.32. The summed E-state index contributed by atoms with van der Waals surface area (Å²) in [4.78, 5) is 4.55. The first kappa shape index (κ1) is 14.6. The van der Waals surface area contributed by atoms with Crippen molar-refractivity contribution >= 4 is 5.95 Å². The number of benzene rings is 1. The molecule has 1 aromatic heterocycles. The van der Waals surface area contributed by atoms with Gasteiger partial charge in [0, 0.05) is 18.4 Å². The third-order valence-corrected chi connectivity index (χ3v) is 3.37. The Kier molecular flexibility index (Phi) is 4.17. The normalized spacial score (nSPS) is 11.7. The lowest BCUT2D eigenvalue weighted by atomic mass is 9.87. The molecule has 0 bridgehead atoms. The molecule has 0 saturated heterocycles. The van der Waals surface area contributed by atoms with E-state index < -0.39 is 0 Å². The van der Waals surface area contributed by atoms with Crippen LogP contribution in [0.15, 0.2) is 30.5 Å². The van der Waals surface area contributed by atoms with Gasteiger partial charge in [-0.15, -0.1) is 0 Å². The van der Waals surface area contributed by atoms with Gasteiger partial charge in [-0.05, 0) is 36.5 Å². The van der Waals surface area contributed by atoms with Crippen LogP contribution in [-0.2, 0) is 5.41 Å². The molecule has 3 heteroatoms. The summed E-state index contributed by atoms with van der Waals surface area (Å²) in [5, 5.41) is 3.38. The van der Waals surface area contributed by atoms with Crippen molar-refractivity contribution in [2.24, 2.45) is 0 Å². The van der Waals surface area contributed by atoms with E-state index in [-0.39, 0.29) is 5.41 Å². The van der Waals surface area contributed by atoms with Gasteiger partial charge in [-0.2, -0.15) is 0 Å². The second-order valence-electron chi connectivity index (χ2n) is 6.30. The molecule has 3 nitrogen and oxygen atoms in total. The number of anilines is 1. The van der Waals surface area contributed by atoms with E-state index in [2.05, 4.69) is 73.0 Å². The van der Waals surface area contributed by atoms with E-state index >= 15 is 0 Å². The molecule has 0 unspecified atom stereocenters. The van der Waals surface area contributed by atoms with Gasteiger partial charge >= 0.3 is 0 Å².